The highest BCUT2D eigenvalue weighted by Gasteiger charge is 2.12. The third-order valence-electron chi connectivity index (χ3n) is 1.60. The highest BCUT2D eigenvalue weighted by atomic mass is 127. The van der Waals surface area contributed by atoms with Crippen molar-refractivity contribution in [3.63, 3.8) is 0 Å². The van der Waals surface area contributed by atoms with Crippen molar-refractivity contribution in [1.82, 2.24) is 0 Å². The minimum atomic E-state index is 0.230. The zero-order chi connectivity index (χ0) is 10.0. The van der Waals surface area contributed by atoms with E-state index < -0.39 is 0 Å². The molecule has 0 heterocycles. The molecule has 0 spiro atoms. The Morgan fingerprint density at radius 3 is 2.62 bits per heavy atom. The maximum atomic E-state index is 9.67. The van der Waals surface area contributed by atoms with E-state index in [1.165, 1.54) is 0 Å². The van der Waals surface area contributed by atoms with Crippen LogP contribution in [0.15, 0.2) is 12.6 Å². The van der Waals surface area contributed by atoms with Crippen molar-refractivity contribution in [2.45, 2.75) is 0 Å². The van der Waals surface area contributed by atoms with Crippen LogP contribution < -0.4 is 4.74 Å². The molecule has 13 heavy (non-hydrogen) atoms. The fraction of sp³-hybridized carbons (Fsp3) is 0.111. The lowest BCUT2D eigenvalue weighted by Crippen LogP contribution is -1.92. The zero-order valence-corrected chi connectivity index (χ0v) is 11.3. The van der Waals surface area contributed by atoms with Crippen molar-refractivity contribution >= 4 is 51.3 Å². The van der Waals surface area contributed by atoms with Gasteiger partial charge in [0.1, 0.15) is 11.5 Å². The largest absolute Gasteiger partial charge is 0.506 e. The van der Waals surface area contributed by atoms with Gasteiger partial charge in [0, 0.05) is 5.56 Å². The summed E-state index contributed by atoms with van der Waals surface area (Å²) in [6.07, 6.45) is 1.62. The molecule has 0 bridgehead atoms. The van der Waals surface area contributed by atoms with Gasteiger partial charge in [-0.15, -0.1) is 0 Å². The van der Waals surface area contributed by atoms with E-state index in [1.54, 1.807) is 13.2 Å². The molecule has 1 N–H and O–H groups in total. The summed E-state index contributed by atoms with van der Waals surface area (Å²) < 4.78 is 6.84. The Hall–Kier alpha value is 0.0200. The summed E-state index contributed by atoms with van der Waals surface area (Å²) >= 11 is 4.21. The monoisotopic (exact) mass is 402 g/mol. The average molecular weight is 402 g/mol. The molecular weight excluding hydrogens is 394 g/mol. The quantitative estimate of drug-likeness (QED) is 0.771. The van der Waals surface area contributed by atoms with Crippen LogP contribution in [0.3, 0.4) is 0 Å². The fourth-order valence-corrected chi connectivity index (χ4v) is 3.12. The number of halogens is 2. The van der Waals surface area contributed by atoms with Crippen LogP contribution in [0.25, 0.3) is 6.08 Å². The second-order valence-electron chi connectivity index (χ2n) is 2.35. The second kappa shape index (κ2) is 4.50. The van der Waals surface area contributed by atoms with Gasteiger partial charge in [0.25, 0.3) is 0 Å². The lowest BCUT2D eigenvalue weighted by molar-refractivity contribution is 0.400. The molecule has 1 aromatic carbocycles. The third kappa shape index (κ3) is 2.09. The molecule has 0 aliphatic carbocycles. The molecule has 0 fully saturated rings. The highest BCUT2D eigenvalue weighted by Crippen LogP contribution is 2.36. The lowest BCUT2D eigenvalue weighted by Gasteiger charge is -2.09. The topological polar surface area (TPSA) is 29.5 Å². The predicted molar refractivity (Wildman–Crippen MR) is 70.2 cm³/mol. The van der Waals surface area contributed by atoms with Gasteiger partial charge in [0.05, 0.1) is 14.3 Å². The van der Waals surface area contributed by atoms with E-state index in [1.807, 2.05) is 6.07 Å². The summed E-state index contributed by atoms with van der Waals surface area (Å²) in [5, 5.41) is 9.67. The Balaban J connectivity index is 3.45. The Morgan fingerprint density at radius 2 is 2.15 bits per heavy atom. The van der Waals surface area contributed by atoms with Gasteiger partial charge in [-0.2, -0.15) is 0 Å². The molecule has 4 heteroatoms. The number of hydrogen-bond acceptors (Lipinski definition) is 2. The number of methoxy groups -OCH3 is 1. The maximum absolute atomic E-state index is 9.67. The highest BCUT2D eigenvalue weighted by molar-refractivity contribution is 14.1. The summed E-state index contributed by atoms with van der Waals surface area (Å²) in [7, 11) is 1.59. The molecule has 0 saturated carbocycles. The van der Waals surface area contributed by atoms with E-state index >= 15 is 0 Å². The van der Waals surface area contributed by atoms with Crippen molar-refractivity contribution < 1.29 is 9.84 Å². The van der Waals surface area contributed by atoms with E-state index in [-0.39, 0.29) is 5.75 Å². The summed E-state index contributed by atoms with van der Waals surface area (Å²) in [4.78, 5) is 0. The number of phenolic OH excluding ortho intramolecular Hbond substituents is 1. The Morgan fingerprint density at radius 1 is 1.54 bits per heavy atom. The van der Waals surface area contributed by atoms with Crippen molar-refractivity contribution in [1.29, 1.82) is 0 Å². The number of aromatic hydroxyl groups is 1. The van der Waals surface area contributed by atoms with E-state index in [9.17, 15) is 5.11 Å². The number of ether oxygens (including phenoxy) is 1. The molecule has 0 aliphatic rings. The van der Waals surface area contributed by atoms with Crippen LogP contribution in [0.2, 0.25) is 0 Å². The summed E-state index contributed by atoms with van der Waals surface area (Å²) in [6, 6.07) is 1.84. The van der Waals surface area contributed by atoms with E-state index in [4.69, 9.17) is 4.74 Å². The molecule has 0 radical (unpaired) electrons. The molecular formula is C9H8I2O2. The number of phenols is 1. The zero-order valence-electron chi connectivity index (χ0n) is 6.97. The lowest BCUT2D eigenvalue weighted by atomic mass is 10.2. The summed E-state index contributed by atoms with van der Waals surface area (Å²) in [5.74, 6) is 0.942. The number of hydrogen-bond donors (Lipinski definition) is 1. The first-order valence-corrected chi connectivity index (χ1v) is 5.65. The van der Waals surface area contributed by atoms with E-state index in [0.29, 0.717) is 5.75 Å². The average Bonchev–Trinajstić information content (AvgIpc) is 2.12. The Labute approximate surface area is 104 Å². The van der Waals surface area contributed by atoms with Gasteiger partial charge >= 0.3 is 0 Å². The molecule has 0 atom stereocenters. The minimum absolute atomic E-state index is 0.230. The first-order chi connectivity index (χ1) is 6.11. The fourth-order valence-electron chi connectivity index (χ4n) is 0.952. The molecule has 0 saturated heterocycles. The molecule has 0 aromatic heterocycles. The maximum Gasteiger partial charge on any atom is 0.149 e. The Bertz CT molecular complexity index is 348. The van der Waals surface area contributed by atoms with Crippen LogP contribution in [0, 0.1) is 7.14 Å². The van der Waals surface area contributed by atoms with Crippen LogP contribution in [-0.4, -0.2) is 12.2 Å². The minimum Gasteiger partial charge on any atom is -0.506 e. The molecule has 70 valence electrons. The first kappa shape index (κ1) is 11.1. The van der Waals surface area contributed by atoms with Crippen molar-refractivity contribution in [2.75, 3.05) is 7.11 Å². The van der Waals surface area contributed by atoms with Crippen LogP contribution >= 0.6 is 45.2 Å². The second-order valence-corrected chi connectivity index (χ2v) is 4.59. The van der Waals surface area contributed by atoms with Crippen LogP contribution in [-0.2, 0) is 0 Å². The van der Waals surface area contributed by atoms with Gasteiger partial charge in [-0.25, -0.2) is 0 Å². The molecule has 0 unspecified atom stereocenters. The van der Waals surface area contributed by atoms with Crippen molar-refractivity contribution in [3.8, 4) is 11.5 Å². The van der Waals surface area contributed by atoms with Gasteiger partial charge in [-0.05, 0) is 51.2 Å². The molecule has 2 nitrogen and oxygen atoms in total. The van der Waals surface area contributed by atoms with Gasteiger partial charge in [-0.1, -0.05) is 12.7 Å². The molecule has 0 amide bonds. The van der Waals surface area contributed by atoms with Gasteiger partial charge in [-0.3, -0.25) is 0 Å². The van der Waals surface area contributed by atoms with E-state index in [0.717, 1.165) is 12.7 Å². The van der Waals surface area contributed by atoms with Crippen LogP contribution in [0.1, 0.15) is 5.56 Å². The molecule has 0 aliphatic heterocycles. The predicted octanol–water partition coefficient (Wildman–Crippen LogP) is 3.25. The first-order valence-electron chi connectivity index (χ1n) is 3.49. The van der Waals surface area contributed by atoms with Gasteiger partial charge in [0.2, 0.25) is 0 Å². The summed E-state index contributed by atoms with van der Waals surface area (Å²) in [5.41, 5.74) is 0.731. The summed E-state index contributed by atoms with van der Waals surface area (Å²) in [6.45, 7) is 3.62. The van der Waals surface area contributed by atoms with Crippen LogP contribution in [0.5, 0.6) is 11.5 Å². The Kier molecular flexibility index (Phi) is 3.84. The third-order valence-corrected chi connectivity index (χ3v) is 3.41. The standard InChI is InChI=1S/C9H8I2O2/c1-3-5-4-6(10)9(13-2)7(11)8(5)12/h3-4,12H,1H2,2H3. The number of benzene rings is 1. The van der Waals surface area contributed by atoms with Crippen molar-refractivity contribution in [3.05, 3.63) is 25.3 Å². The normalized spacial score (nSPS) is 9.77. The van der Waals surface area contributed by atoms with Crippen LogP contribution in [0.4, 0.5) is 0 Å². The van der Waals surface area contributed by atoms with E-state index in [2.05, 4.69) is 51.8 Å². The number of rotatable bonds is 2. The SMILES string of the molecule is C=Cc1cc(I)c(OC)c(I)c1O. The smallest absolute Gasteiger partial charge is 0.149 e. The van der Waals surface area contributed by atoms with Gasteiger partial charge < -0.3 is 9.84 Å². The molecule has 1 aromatic rings. The molecule has 1 rings (SSSR count). The van der Waals surface area contributed by atoms with Crippen molar-refractivity contribution in [2.24, 2.45) is 0 Å². The van der Waals surface area contributed by atoms with Gasteiger partial charge in [0.15, 0.2) is 0 Å².